The summed E-state index contributed by atoms with van der Waals surface area (Å²) in [4.78, 5) is 23.8. The van der Waals surface area contributed by atoms with Gasteiger partial charge in [-0.3, -0.25) is 9.59 Å². The molecule has 2 amide bonds. The Hall–Kier alpha value is -3.41. The average Bonchev–Trinajstić information content (AvgIpc) is 2.72. The van der Waals surface area contributed by atoms with Gasteiger partial charge in [-0.15, -0.1) is 0 Å². The second-order valence-corrected chi connectivity index (χ2v) is 5.61. The van der Waals surface area contributed by atoms with Crippen LogP contribution in [0.25, 0.3) is 6.08 Å². The number of carbonyl (C=O) groups excluding carboxylic acids is 2. The van der Waals surface area contributed by atoms with Crippen LogP contribution in [0.1, 0.15) is 24.5 Å². The predicted octanol–water partition coefficient (Wildman–Crippen LogP) is 2.76. The third-order valence-corrected chi connectivity index (χ3v) is 3.73. The molecular formula is C21H23N3O3. The zero-order valence-corrected chi connectivity index (χ0v) is 15.4. The number of para-hydroxylation sites is 1. The predicted molar refractivity (Wildman–Crippen MR) is 106 cm³/mol. The molecule has 0 aromatic heterocycles. The maximum atomic E-state index is 11.9. The SMILES string of the molecule is CC/C(=N\NC(=O)CNC(=O)/C=C/c1ccccc1OC)c1ccccc1. The summed E-state index contributed by atoms with van der Waals surface area (Å²) < 4.78 is 5.22. The molecule has 6 nitrogen and oxygen atoms in total. The monoisotopic (exact) mass is 365 g/mol. The summed E-state index contributed by atoms with van der Waals surface area (Å²) in [5.41, 5.74) is 4.97. The highest BCUT2D eigenvalue weighted by Gasteiger charge is 2.05. The second-order valence-electron chi connectivity index (χ2n) is 5.61. The Morgan fingerprint density at radius 1 is 1.07 bits per heavy atom. The lowest BCUT2D eigenvalue weighted by atomic mass is 10.1. The highest BCUT2D eigenvalue weighted by Crippen LogP contribution is 2.18. The van der Waals surface area contributed by atoms with Gasteiger partial charge < -0.3 is 10.1 Å². The molecule has 0 aliphatic heterocycles. The van der Waals surface area contributed by atoms with E-state index in [-0.39, 0.29) is 12.5 Å². The van der Waals surface area contributed by atoms with Gasteiger partial charge in [-0.1, -0.05) is 55.5 Å². The molecule has 6 heteroatoms. The number of carbonyl (C=O) groups is 2. The molecule has 27 heavy (non-hydrogen) atoms. The molecule has 0 unspecified atom stereocenters. The zero-order chi connectivity index (χ0) is 19.5. The van der Waals surface area contributed by atoms with Gasteiger partial charge in [0.25, 0.3) is 5.91 Å². The normalized spacial score (nSPS) is 11.3. The quantitative estimate of drug-likeness (QED) is 0.429. The van der Waals surface area contributed by atoms with Gasteiger partial charge in [0.2, 0.25) is 5.91 Å². The number of rotatable bonds is 8. The maximum Gasteiger partial charge on any atom is 0.259 e. The second kappa shape index (κ2) is 10.6. The van der Waals surface area contributed by atoms with E-state index in [1.54, 1.807) is 19.3 Å². The van der Waals surface area contributed by atoms with E-state index in [2.05, 4.69) is 15.8 Å². The van der Waals surface area contributed by atoms with Crippen LogP contribution in [0.3, 0.4) is 0 Å². The molecule has 0 atom stereocenters. The van der Waals surface area contributed by atoms with Crippen LogP contribution in [-0.2, 0) is 9.59 Å². The smallest absolute Gasteiger partial charge is 0.259 e. The highest BCUT2D eigenvalue weighted by molar-refractivity contribution is 6.01. The van der Waals surface area contributed by atoms with Gasteiger partial charge in [-0.05, 0) is 24.1 Å². The van der Waals surface area contributed by atoms with Crippen molar-refractivity contribution in [3.63, 3.8) is 0 Å². The maximum absolute atomic E-state index is 11.9. The molecule has 0 bridgehead atoms. The van der Waals surface area contributed by atoms with E-state index in [1.807, 2.05) is 55.5 Å². The summed E-state index contributed by atoms with van der Waals surface area (Å²) in [5, 5.41) is 6.66. The summed E-state index contributed by atoms with van der Waals surface area (Å²) >= 11 is 0. The van der Waals surface area contributed by atoms with Crippen LogP contribution in [0.2, 0.25) is 0 Å². The van der Waals surface area contributed by atoms with Gasteiger partial charge >= 0.3 is 0 Å². The van der Waals surface area contributed by atoms with Crippen molar-refractivity contribution >= 4 is 23.6 Å². The lowest BCUT2D eigenvalue weighted by molar-refractivity contribution is -0.123. The Bertz CT molecular complexity index is 830. The molecule has 0 spiro atoms. The first kappa shape index (κ1) is 19.9. The van der Waals surface area contributed by atoms with Crippen molar-refractivity contribution in [2.75, 3.05) is 13.7 Å². The van der Waals surface area contributed by atoms with Crippen molar-refractivity contribution in [2.24, 2.45) is 5.10 Å². The molecule has 2 rings (SSSR count). The molecule has 0 aliphatic carbocycles. The standard InChI is InChI=1S/C21H23N3O3/c1-3-18(16-9-5-4-6-10-16)23-24-21(26)15-22-20(25)14-13-17-11-7-8-12-19(17)27-2/h4-14H,3,15H2,1-2H3,(H,22,25)(H,24,26)/b14-13+,23-18+. The van der Waals surface area contributed by atoms with Crippen molar-refractivity contribution in [2.45, 2.75) is 13.3 Å². The first-order chi connectivity index (χ1) is 13.1. The Balaban J connectivity index is 1.85. The molecule has 140 valence electrons. The first-order valence-corrected chi connectivity index (χ1v) is 8.63. The lowest BCUT2D eigenvalue weighted by Crippen LogP contribution is -2.34. The number of benzene rings is 2. The summed E-state index contributed by atoms with van der Waals surface area (Å²) in [7, 11) is 1.57. The molecule has 0 heterocycles. The number of ether oxygens (including phenoxy) is 1. The summed E-state index contributed by atoms with van der Waals surface area (Å²) in [6.45, 7) is 1.80. The number of nitrogens with zero attached hydrogens (tertiary/aromatic N) is 1. The van der Waals surface area contributed by atoms with Gasteiger partial charge in [0.05, 0.1) is 19.4 Å². The highest BCUT2D eigenvalue weighted by atomic mass is 16.5. The fraction of sp³-hybridized carbons (Fsp3) is 0.190. The average molecular weight is 365 g/mol. The number of hydrogen-bond donors (Lipinski definition) is 2. The van der Waals surface area contributed by atoms with E-state index in [0.717, 1.165) is 16.8 Å². The van der Waals surface area contributed by atoms with Gasteiger partial charge in [-0.2, -0.15) is 5.10 Å². The minimum absolute atomic E-state index is 0.162. The number of methoxy groups -OCH3 is 1. The Morgan fingerprint density at radius 2 is 1.78 bits per heavy atom. The topological polar surface area (TPSA) is 79.8 Å². The van der Waals surface area contributed by atoms with Crippen molar-refractivity contribution in [1.29, 1.82) is 0 Å². The summed E-state index contributed by atoms with van der Waals surface area (Å²) in [6.07, 6.45) is 3.67. The molecule has 2 N–H and O–H groups in total. The van der Waals surface area contributed by atoms with Crippen molar-refractivity contribution in [3.05, 3.63) is 71.8 Å². The largest absolute Gasteiger partial charge is 0.496 e. The zero-order valence-electron chi connectivity index (χ0n) is 15.4. The van der Waals surface area contributed by atoms with E-state index in [9.17, 15) is 9.59 Å². The first-order valence-electron chi connectivity index (χ1n) is 8.63. The van der Waals surface area contributed by atoms with Crippen molar-refractivity contribution < 1.29 is 14.3 Å². The Kier molecular flexibility index (Phi) is 7.78. The number of amides is 2. The van der Waals surface area contributed by atoms with Gasteiger partial charge in [-0.25, -0.2) is 5.43 Å². The van der Waals surface area contributed by atoms with Crippen molar-refractivity contribution in [3.8, 4) is 5.75 Å². The summed E-state index contributed by atoms with van der Waals surface area (Å²) in [6, 6.07) is 16.9. The van der Waals surface area contributed by atoms with Crippen LogP contribution < -0.4 is 15.5 Å². The molecule has 0 saturated heterocycles. The van der Waals surface area contributed by atoms with Crippen LogP contribution in [-0.4, -0.2) is 31.2 Å². The number of hydrogen-bond acceptors (Lipinski definition) is 4. The molecule has 0 aliphatic rings. The van der Waals surface area contributed by atoms with Crippen LogP contribution in [0.4, 0.5) is 0 Å². The molecule has 2 aromatic rings. The molecule has 0 radical (unpaired) electrons. The van der Waals surface area contributed by atoms with Gasteiger partial charge in [0.15, 0.2) is 0 Å². The molecule has 0 saturated carbocycles. The van der Waals surface area contributed by atoms with E-state index >= 15 is 0 Å². The lowest BCUT2D eigenvalue weighted by Gasteiger charge is -2.06. The minimum atomic E-state index is -0.393. The van der Waals surface area contributed by atoms with E-state index in [1.165, 1.54) is 6.08 Å². The Morgan fingerprint density at radius 3 is 2.48 bits per heavy atom. The minimum Gasteiger partial charge on any atom is -0.496 e. The van der Waals surface area contributed by atoms with Crippen LogP contribution in [0.15, 0.2) is 65.8 Å². The molecule has 2 aromatic carbocycles. The number of nitrogens with one attached hydrogen (secondary N) is 2. The van der Waals surface area contributed by atoms with Gasteiger partial charge in [0, 0.05) is 11.6 Å². The van der Waals surface area contributed by atoms with E-state index < -0.39 is 5.91 Å². The third-order valence-electron chi connectivity index (χ3n) is 3.73. The van der Waals surface area contributed by atoms with Crippen LogP contribution in [0, 0.1) is 0 Å². The van der Waals surface area contributed by atoms with E-state index in [0.29, 0.717) is 12.2 Å². The van der Waals surface area contributed by atoms with Crippen LogP contribution >= 0.6 is 0 Å². The Labute approximate surface area is 158 Å². The fourth-order valence-corrected chi connectivity index (χ4v) is 2.34. The fourth-order valence-electron chi connectivity index (χ4n) is 2.34. The van der Waals surface area contributed by atoms with Gasteiger partial charge in [0.1, 0.15) is 5.75 Å². The van der Waals surface area contributed by atoms with Crippen molar-refractivity contribution in [1.82, 2.24) is 10.7 Å². The summed E-state index contributed by atoms with van der Waals surface area (Å²) in [5.74, 6) is -0.101. The van der Waals surface area contributed by atoms with Crippen LogP contribution in [0.5, 0.6) is 5.75 Å². The molecule has 0 fully saturated rings. The number of hydrazone groups is 1. The molecular weight excluding hydrogens is 342 g/mol. The van der Waals surface area contributed by atoms with E-state index in [4.69, 9.17) is 4.74 Å². The third kappa shape index (κ3) is 6.43.